The number of amides is 2. The van der Waals surface area contributed by atoms with Crippen LogP contribution < -0.4 is 15.8 Å². The van der Waals surface area contributed by atoms with Crippen LogP contribution >= 0.6 is 0 Å². The van der Waals surface area contributed by atoms with E-state index >= 15 is 0 Å². The van der Waals surface area contributed by atoms with E-state index in [9.17, 15) is 9.59 Å². The van der Waals surface area contributed by atoms with Gasteiger partial charge in [0.25, 0.3) is 5.91 Å². The summed E-state index contributed by atoms with van der Waals surface area (Å²) in [4.78, 5) is 24.5. The number of hydrogen-bond donors (Lipinski definition) is 2. The maximum atomic E-state index is 11.9. The third kappa shape index (κ3) is 4.87. The summed E-state index contributed by atoms with van der Waals surface area (Å²) in [6.07, 6.45) is 0. The summed E-state index contributed by atoms with van der Waals surface area (Å²) in [5, 5.41) is 2.48. The van der Waals surface area contributed by atoms with Crippen LogP contribution in [0.1, 0.15) is 6.92 Å². The number of benzene rings is 1. The van der Waals surface area contributed by atoms with Gasteiger partial charge in [-0.15, -0.1) is 0 Å². The normalized spacial score (nSPS) is 9.79. The van der Waals surface area contributed by atoms with Crippen LogP contribution in [0.3, 0.4) is 0 Å². The fourth-order valence-electron chi connectivity index (χ4n) is 1.47. The molecule has 0 aromatic heterocycles. The average molecular weight is 265 g/mol. The molecule has 0 spiro atoms. The molecule has 1 aromatic carbocycles. The zero-order valence-corrected chi connectivity index (χ0v) is 11.2. The lowest BCUT2D eigenvalue weighted by atomic mass is 10.3. The first kappa shape index (κ1) is 14.8. The lowest BCUT2D eigenvalue weighted by Crippen LogP contribution is -2.41. The van der Waals surface area contributed by atoms with E-state index in [4.69, 9.17) is 10.5 Å². The van der Waals surface area contributed by atoms with E-state index < -0.39 is 0 Å². The molecule has 0 fully saturated rings. The van der Waals surface area contributed by atoms with Crippen molar-refractivity contribution in [3.63, 3.8) is 0 Å². The molecule has 1 rings (SSSR count). The van der Waals surface area contributed by atoms with Crippen LogP contribution in [-0.4, -0.2) is 43.5 Å². The lowest BCUT2D eigenvalue weighted by molar-refractivity contribution is -0.137. The molecule has 0 saturated carbocycles. The van der Waals surface area contributed by atoms with Gasteiger partial charge in [-0.25, -0.2) is 0 Å². The minimum absolute atomic E-state index is 0.0339. The van der Waals surface area contributed by atoms with Crippen molar-refractivity contribution in [2.24, 2.45) is 0 Å². The molecule has 104 valence electrons. The molecular weight excluding hydrogens is 246 g/mol. The van der Waals surface area contributed by atoms with Gasteiger partial charge >= 0.3 is 0 Å². The van der Waals surface area contributed by atoms with Gasteiger partial charge in [-0.3, -0.25) is 9.59 Å². The summed E-state index contributed by atoms with van der Waals surface area (Å²) in [6, 6.07) is 6.84. The Morgan fingerprint density at radius 3 is 2.74 bits per heavy atom. The summed E-state index contributed by atoms with van der Waals surface area (Å²) >= 11 is 0. The first-order valence-electron chi connectivity index (χ1n) is 6.03. The van der Waals surface area contributed by atoms with E-state index in [0.717, 1.165) is 0 Å². The molecule has 0 unspecified atom stereocenters. The van der Waals surface area contributed by atoms with Gasteiger partial charge in [0.1, 0.15) is 5.75 Å². The Morgan fingerprint density at radius 1 is 1.42 bits per heavy atom. The molecule has 0 aliphatic carbocycles. The Hall–Kier alpha value is -2.24. The van der Waals surface area contributed by atoms with Crippen molar-refractivity contribution in [2.45, 2.75) is 6.92 Å². The Balaban J connectivity index is 2.51. The highest BCUT2D eigenvalue weighted by Crippen LogP contribution is 2.14. The van der Waals surface area contributed by atoms with Crippen molar-refractivity contribution in [2.75, 3.05) is 32.5 Å². The van der Waals surface area contributed by atoms with Crippen LogP contribution in [0.2, 0.25) is 0 Å². The third-order valence-electron chi connectivity index (χ3n) is 2.57. The number of hydrogen-bond acceptors (Lipinski definition) is 4. The van der Waals surface area contributed by atoms with E-state index in [1.807, 2.05) is 0 Å². The van der Waals surface area contributed by atoms with Gasteiger partial charge in [-0.1, -0.05) is 6.07 Å². The average Bonchev–Trinajstić information content (AvgIpc) is 2.41. The van der Waals surface area contributed by atoms with Crippen LogP contribution in [0.5, 0.6) is 5.75 Å². The quantitative estimate of drug-likeness (QED) is 0.722. The molecule has 0 aliphatic heterocycles. The van der Waals surface area contributed by atoms with Gasteiger partial charge < -0.3 is 20.7 Å². The van der Waals surface area contributed by atoms with E-state index in [0.29, 0.717) is 18.0 Å². The number of nitrogens with one attached hydrogen (secondary N) is 1. The number of nitrogens with zero attached hydrogens (tertiary/aromatic N) is 1. The highest BCUT2D eigenvalue weighted by molar-refractivity contribution is 5.85. The molecule has 19 heavy (non-hydrogen) atoms. The second-order valence-electron chi connectivity index (χ2n) is 3.94. The fraction of sp³-hybridized carbons (Fsp3) is 0.385. The van der Waals surface area contributed by atoms with E-state index in [2.05, 4.69) is 5.32 Å². The zero-order chi connectivity index (χ0) is 14.3. The summed E-state index contributed by atoms with van der Waals surface area (Å²) < 4.78 is 5.34. The van der Waals surface area contributed by atoms with Gasteiger partial charge in [0.2, 0.25) is 5.91 Å². The predicted molar refractivity (Wildman–Crippen MR) is 72.7 cm³/mol. The van der Waals surface area contributed by atoms with Crippen LogP contribution in [0.25, 0.3) is 0 Å². The molecule has 0 saturated heterocycles. The monoisotopic (exact) mass is 265 g/mol. The number of likely N-dealkylation sites (N-methyl/N-ethyl adjacent to an activating group) is 2. The molecule has 0 heterocycles. The van der Waals surface area contributed by atoms with E-state index in [-0.39, 0.29) is 25.0 Å². The van der Waals surface area contributed by atoms with Gasteiger partial charge in [-0.2, -0.15) is 0 Å². The Kier molecular flexibility index (Phi) is 5.66. The maximum absolute atomic E-state index is 11.9. The second-order valence-corrected chi connectivity index (χ2v) is 3.94. The number of carbonyl (C=O) groups excluding carboxylic acids is 2. The zero-order valence-electron chi connectivity index (χ0n) is 11.2. The van der Waals surface area contributed by atoms with Gasteiger partial charge in [0.15, 0.2) is 6.61 Å². The van der Waals surface area contributed by atoms with Crippen LogP contribution in [0.15, 0.2) is 24.3 Å². The lowest BCUT2D eigenvalue weighted by Gasteiger charge is -2.20. The number of carbonyl (C=O) groups is 2. The van der Waals surface area contributed by atoms with Gasteiger partial charge in [0.05, 0.1) is 6.54 Å². The summed E-state index contributed by atoms with van der Waals surface area (Å²) in [7, 11) is 1.53. The summed E-state index contributed by atoms with van der Waals surface area (Å²) in [6.45, 7) is 2.17. The van der Waals surface area contributed by atoms with Crippen molar-refractivity contribution in [1.29, 1.82) is 0 Å². The van der Waals surface area contributed by atoms with E-state index in [1.165, 1.54) is 11.9 Å². The van der Waals surface area contributed by atoms with Crippen LogP contribution in [-0.2, 0) is 9.59 Å². The molecule has 3 N–H and O–H groups in total. The van der Waals surface area contributed by atoms with Crippen molar-refractivity contribution >= 4 is 17.5 Å². The maximum Gasteiger partial charge on any atom is 0.260 e. The third-order valence-corrected chi connectivity index (χ3v) is 2.57. The molecule has 0 aliphatic rings. The standard InChI is InChI=1S/C13H19N3O3/c1-3-16(8-12(17)15-2)13(18)9-19-11-6-4-5-10(14)7-11/h4-7H,3,8-9,14H2,1-2H3,(H,15,17). The molecule has 0 radical (unpaired) electrons. The van der Waals surface area contributed by atoms with Gasteiger partial charge in [0, 0.05) is 25.3 Å². The second kappa shape index (κ2) is 7.25. The van der Waals surface area contributed by atoms with E-state index in [1.54, 1.807) is 31.2 Å². The predicted octanol–water partition coefficient (Wildman–Crippen LogP) is 0.242. The molecule has 6 heteroatoms. The molecule has 0 bridgehead atoms. The number of anilines is 1. The summed E-state index contributed by atoms with van der Waals surface area (Å²) in [5.74, 6) is 0.0806. The van der Waals surface area contributed by atoms with Gasteiger partial charge in [-0.05, 0) is 19.1 Å². The largest absolute Gasteiger partial charge is 0.484 e. The number of nitrogens with two attached hydrogens (primary N) is 1. The Morgan fingerprint density at radius 2 is 2.16 bits per heavy atom. The molecular formula is C13H19N3O3. The minimum atomic E-state index is -0.242. The minimum Gasteiger partial charge on any atom is -0.484 e. The van der Waals surface area contributed by atoms with Crippen molar-refractivity contribution in [3.05, 3.63) is 24.3 Å². The molecule has 1 aromatic rings. The first-order chi connectivity index (χ1) is 9.06. The SMILES string of the molecule is CCN(CC(=O)NC)C(=O)COc1cccc(N)c1. The van der Waals surface area contributed by atoms with Crippen LogP contribution in [0, 0.1) is 0 Å². The smallest absolute Gasteiger partial charge is 0.260 e. The highest BCUT2D eigenvalue weighted by Gasteiger charge is 2.15. The highest BCUT2D eigenvalue weighted by atomic mass is 16.5. The molecule has 0 atom stereocenters. The number of ether oxygens (including phenoxy) is 1. The number of nitrogen functional groups attached to an aromatic ring is 1. The molecule has 6 nitrogen and oxygen atoms in total. The number of rotatable bonds is 6. The Labute approximate surface area is 112 Å². The van der Waals surface area contributed by atoms with Crippen molar-refractivity contribution in [1.82, 2.24) is 10.2 Å². The van der Waals surface area contributed by atoms with Crippen molar-refractivity contribution in [3.8, 4) is 5.75 Å². The topological polar surface area (TPSA) is 84.7 Å². The van der Waals surface area contributed by atoms with Crippen molar-refractivity contribution < 1.29 is 14.3 Å². The Bertz CT molecular complexity index is 449. The first-order valence-corrected chi connectivity index (χ1v) is 6.03. The fourth-order valence-corrected chi connectivity index (χ4v) is 1.47. The summed E-state index contributed by atoms with van der Waals surface area (Å²) in [5.41, 5.74) is 6.18. The molecule has 2 amide bonds. The van der Waals surface area contributed by atoms with Crippen LogP contribution in [0.4, 0.5) is 5.69 Å².